The molecule has 3 heteroatoms. The predicted octanol–water partition coefficient (Wildman–Crippen LogP) is 4.55. The minimum absolute atomic E-state index is 0.253. The Hall–Kier alpha value is -1.51. The number of aryl methyl sites for hydroxylation is 1. The molecule has 0 saturated heterocycles. The summed E-state index contributed by atoms with van der Waals surface area (Å²) in [5, 5.41) is 4.30. The Morgan fingerprint density at radius 2 is 1.86 bits per heavy atom. The maximum absolute atomic E-state index is 5.98. The number of likely N-dealkylation sites (N-methyl/N-ethyl adjacent to an activating group) is 1. The predicted molar refractivity (Wildman–Crippen MR) is 89.3 cm³/mol. The van der Waals surface area contributed by atoms with Crippen molar-refractivity contribution >= 4 is 11.6 Å². The summed E-state index contributed by atoms with van der Waals surface area (Å²) in [5.74, 6) is 0.942. The van der Waals surface area contributed by atoms with E-state index in [0.717, 1.165) is 23.7 Å². The van der Waals surface area contributed by atoms with E-state index in [9.17, 15) is 0 Å². The fourth-order valence-electron chi connectivity index (χ4n) is 2.54. The third-order valence-corrected chi connectivity index (χ3v) is 3.83. The average molecular weight is 304 g/mol. The molecule has 0 saturated carbocycles. The largest absolute Gasteiger partial charge is 0.496 e. The van der Waals surface area contributed by atoms with Crippen molar-refractivity contribution in [1.82, 2.24) is 5.32 Å². The van der Waals surface area contributed by atoms with Crippen LogP contribution in [0.25, 0.3) is 0 Å². The minimum Gasteiger partial charge on any atom is -0.496 e. The fraction of sp³-hybridized carbons (Fsp3) is 0.333. The fourth-order valence-corrected chi connectivity index (χ4v) is 2.66. The van der Waals surface area contributed by atoms with E-state index in [4.69, 9.17) is 16.3 Å². The van der Waals surface area contributed by atoms with Crippen molar-refractivity contribution in [3.8, 4) is 5.75 Å². The molecule has 0 fully saturated rings. The third kappa shape index (κ3) is 4.23. The molecule has 0 aliphatic heterocycles. The third-order valence-electron chi connectivity index (χ3n) is 3.58. The first-order valence-electron chi connectivity index (χ1n) is 7.26. The summed E-state index contributed by atoms with van der Waals surface area (Å²) in [6.45, 7) is 5.14. The van der Waals surface area contributed by atoms with Gasteiger partial charge in [0.1, 0.15) is 5.75 Å². The lowest BCUT2D eigenvalue weighted by molar-refractivity contribution is 0.405. The number of halogens is 1. The summed E-state index contributed by atoms with van der Waals surface area (Å²) in [4.78, 5) is 0. The molecule has 0 aromatic heterocycles. The van der Waals surface area contributed by atoms with Crippen molar-refractivity contribution in [2.45, 2.75) is 26.3 Å². The highest BCUT2D eigenvalue weighted by molar-refractivity contribution is 6.30. The molecular weight excluding hydrogens is 282 g/mol. The van der Waals surface area contributed by atoms with E-state index in [1.807, 2.05) is 18.2 Å². The van der Waals surface area contributed by atoms with E-state index < -0.39 is 0 Å². The van der Waals surface area contributed by atoms with Gasteiger partial charge in [0.05, 0.1) is 7.11 Å². The van der Waals surface area contributed by atoms with Gasteiger partial charge in [-0.25, -0.2) is 0 Å². The first-order chi connectivity index (χ1) is 10.1. The average Bonchev–Trinajstić information content (AvgIpc) is 2.48. The van der Waals surface area contributed by atoms with Crippen LogP contribution in [0.3, 0.4) is 0 Å². The lowest BCUT2D eigenvalue weighted by atomic mass is 9.97. The van der Waals surface area contributed by atoms with Crippen LogP contribution in [0.1, 0.15) is 29.7 Å². The van der Waals surface area contributed by atoms with Crippen molar-refractivity contribution in [3.63, 3.8) is 0 Å². The van der Waals surface area contributed by atoms with Gasteiger partial charge in [0.2, 0.25) is 0 Å². The summed E-state index contributed by atoms with van der Waals surface area (Å²) in [6, 6.07) is 14.6. The number of hydrogen-bond acceptors (Lipinski definition) is 2. The molecule has 1 unspecified atom stereocenters. The number of ether oxygens (including phenoxy) is 1. The van der Waals surface area contributed by atoms with Crippen molar-refractivity contribution in [1.29, 1.82) is 0 Å². The van der Waals surface area contributed by atoms with Gasteiger partial charge in [-0.15, -0.1) is 0 Å². The van der Waals surface area contributed by atoms with E-state index in [2.05, 4.69) is 43.4 Å². The van der Waals surface area contributed by atoms with Crippen LogP contribution in [0.2, 0.25) is 5.02 Å². The second-order valence-electron chi connectivity index (χ2n) is 5.18. The van der Waals surface area contributed by atoms with E-state index in [0.29, 0.717) is 0 Å². The van der Waals surface area contributed by atoms with Crippen molar-refractivity contribution in [2.75, 3.05) is 13.7 Å². The van der Waals surface area contributed by atoms with Gasteiger partial charge in [-0.2, -0.15) is 0 Å². The number of benzene rings is 2. The standard InChI is InChI=1S/C18H22ClNO/c1-4-20-17(14-6-8-16(19)9-7-14)12-15-11-13(2)5-10-18(15)21-3/h5-11,17,20H,4,12H2,1-3H3. The highest BCUT2D eigenvalue weighted by atomic mass is 35.5. The molecule has 1 atom stereocenters. The number of hydrogen-bond donors (Lipinski definition) is 1. The normalized spacial score (nSPS) is 12.2. The first-order valence-corrected chi connectivity index (χ1v) is 7.64. The van der Waals surface area contributed by atoms with E-state index in [-0.39, 0.29) is 6.04 Å². The number of methoxy groups -OCH3 is 1. The maximum atomic E-state index is 5.98. The molecule has 1 N–H and O–H groups in total. The van der Waals surface area contributed by atoms with Gasteiger partial charge in [0.25, 0.3) is 0 Å². The highest BCUT2D eigenvalue weighted by Crippen LogP contribution is 2.26. The van der Waals surface area contributed by atoms with Crippen LogP contribution in [-0.2, 0) is 6.42 Å². The number of nitrogens with one attached hydrogen (secondary N) is 1. The van der Waals surface area contributed by atoms with Gasteiger partial charge in [-0.3, -0.25) is 0 Å². The zero-order valence-corrected chi connectivity index (χ0v) is 13.6. The van der Waals surface area contributed by atoms with Crippen molar-refractivity contribution in [2.24, 2.45) is 0 Å². The second-order valence-corrected chi connectivity index (χ2v) is 5.62. The Balaban J connectivity index is 2.27. The van der Waals surface area contributed by atoms with Gasteiger partial charge in [0, 0.05) is 11.1 Å². The minimum atomic E-state index is 0.253. The highest BCUT2D eigenvalue weighted by Gasteiger charge is 2.14. The van der Waals surface area contributed by atoms with Gasteiger partial charge in [-0.05, 0) is 49.2 Å². The van der Waals surface area contributed by atoms with Gasteiger partial charge < -0.3 is 10.1 Å². The molecule has 2 rings (SSSR count). The van der Waals surface area contributed by atoms with Gasteiger partial charge in [-0.1, -0.05) is 48.4 Å². The molecule has 2 nitrogen and oxygen atoms in total. The molecule has 0 aliphatic rings. The van der Waals surface area contributed by atoms with Crippen LogP contribution in [-0.4, -0.2) is 13.7 Å². The molecule has 2 aromatic rings. The Kier molecular flexibility index (Phi) is 5.66. The monoisotopic (exact) mass is 303 g/mol. The Labute approximate surface area is 132 Å². The molecule has 112 valence electrons. The Morgan fingerprint density at radius 1 is 1.14 bits per heavy atom. The number of rotatable bonds is 6. The zero-order valence-electron chi connectivity index (χ0n) is 12.8. The second kappa shape index (κ2) is 7.48. The van der Waals surface area contributed by atoms with Crippen LogP contribution in [0, 0.1) is 6.92 Å². The van der Waals surface area contributed by atoms with Crippen LogP contribution >= 0.6 is 11.6 Å². The molecular formula is C18H22ClNO. The van der Waals surface area contributed by atoms with Gasteiger partial charge >= 0.3 is 0 Å². The van der Waals surface area contributed by atoms with Crippen molar-refractivity contribution in [3.05, 3.63) is 64.2 Å². The molecule has 2 aromatic carbocycles. The first kappa shape index (κ1) is 15.9. The molecule has 21 heavy (non-hydrogen) atoms. The zero-order chi connectivity index (χ0) is 15.2. The summed E-state index contributed by atoms with van der Waals surface area (Å²) in [6.07, 6.45) is 0.889. The molecule has 0 radical (unpaired) electrons. The quantitative estimate of drug-likeness (QED) is 0.845. The van der Waals surface area contributed by atoms with Crippen LogP contribution in [0.5, 0.6) is 5.75 Å². The molecule has 0 aliphatic carbocycles. The van der Waals surface area contributed by atoms with E-state index in [1.54, 1.807) is 7.11 Å². The smallest absolute Gasteiger partial charge is 0.122 e. The molecule has 0 heterocycles. The Bertz CT molecular complexity index is 580. The summed E-state index contributed by atoms with van der Waals surface area (Å²) in [7, 11) is 1.72. The lowest BCUT2D eigenvalue weighted by Crippen LogP contribution is -2.23. The summed E-state index contributed by atoms with van der Waals surface area (Å²) < 4.78 is 5.49. The van der Waals surface area contributed by atoms with E-state index >= 15 is 0 Å². The van der Waals surface area contributed by atoms with Crippen LogP contribution in [0.15, 0.2) is 42.5 Å². The molecule has 0 amide bonds. The lowest BCUT2D eigenvalue weighted by Gasteiger charge is -2.20. The molecule has 0 spiro atoms. The Morgan fingerprint density at radius 3 is 2.48 bits per heavy atom. The summed E-state index contributed by atoms with van der Waals surface area (Å²) >= 11 is 5.98. The van der Waals surface area contributed by atoms with Crippen LogP contribution < -0.4 is 10.1 Å². The SMILES string of the molecule is CCNC(Cc1cc(C)ccc1OC)c1ccc(Cl)cc1. The van der Waals surface area contributed by atoms with Crippen molar-refractivity contribution < 1.29 is 4.74 Å². The summed E-state index contributed by atoms with van der Waals surface area (Å²) in [5.41, 5.74) is 3.71. The topological polar surface area (TPSA) is 21.3 Å². The van der Waals surface area contributed by atoms with Gasteiger partial charge in [0.15, 0.2) is 0 Å². The molecule has 0 bridgehead atoms. The van der Waals surface area contributed by atoms with Crippen LogP contribution in [0.4, 0.5) is 0 Å². The van der Waals surface area contributed by atoms with E-state index in [1.165, 1.54) is 16.7 Å². The maximum Gasteiger partial charge on any atom is 0.122 e.